The molecule has 0 atom stereocenters. The Morgan fingerprint density at radius 3 is 2.89 bits per heavy atom. The number of methoxy groups -OCH3 is 1. The quantitative estimate of drug-likeness (QED) is 0.347. The number of aromatic nitrogens is 4. The normalized spacial score (nSPS) is 11.7. The standard InChI is InChI=1S/C19H20N4O2S2/c1-12-10-14(13(2)22(12)8-9-25-3)16(24)11-26-18-20-21-19-23(18)15-6-4-5-7-17(15)27-19/h4-7,10H,8-9,11H2,1-3H3. The topological polar surface area (TPSA) is 61.4 Å². The van der Waals surface area contributed by atoms with Gasteiger partial charge in [0.2, 0.25) is 4.96 Å². The van der Waals surface area contributed by atoms with Gasteiger partial charge in [-0.3, -0.25) is 9.20 Å². The van der Waals surface area contributed by atoms with E-state index in [1.165, 1.54) is 11.8 Å². The second-order valence-corrected chi connectivity index (χ2v) is 8.26. The number of benzene rings is 1. The fourth-order valence-electron chi connectivity index (χ4n) is 3.27. The van der Waals surface area contributed by atoms with Crippen LogP contribution in [0.1, 0.15) is 21.7 Å². The molecule has 0 amide bonds. The minimum atomic E-state index is 0.105. The highest BCUT2D eigenvalue weighted by Gasteiger charge is 2.18. The molecule has 0 N–H and O–H groups in total. The fraction of sp³-hybridized carbons (Fsp3) is 0.316. The molecule has 0 aliphatic rings. The van der Waals surface area contributed by atoms with Crippen LogP contribution in [0.2, 0.25) is 0 Å². The third kappa shape index (κ3) is 3.28. The molecule has 0 saturated carbocycles. The van der Waals surface area contributed by atoms with Gasteiger partial charge in [-0.25, -0.2) is 0 Å². The zero-order valence-corrected chi connectivity index (χ0v) is 17.1. The lowest BCUT2D eigenvalue weighted by molar-refractivity contribution is 0.102. The third-order valence-corrected chi connectivity index (χ3v) is 6.58. The Bertz CT molecular complexity index is 1130. The average Bonchev–Trinajstić information content (AvgIpc) is 3.31. The van der Waals surface area contributed by atoms with Crippen molar-refractivity contribution >= 4 is 44.1 Å². The van der Waals surface area contributed by atoms with Crippen molar-refractivity contribution in [1.82, 2.24) is 19.2 Å². The van der Waals surface area contributed by atoms with Crippen LogP contribution in [0.4, 0.5) is 0 Å². The number of thiazole rings is 1. The minimum Gasteiger partial charge on any atom is -0.383 e. The number of hydrogen-bond acceptors (Lipinski definition) is 6. The van der Waals surface area contributed by atoms with Crippen LogP contribution in [0, 0.1) is 13.8 Å². The maximum Gasteiger partial charge on any atom is 0.217 e. The van der Waals surface area contributed by atoms with Gasteiger partial charge in [-0.15, -0.1) is 10.2 Å². The molecule has 4 rings (SSSR count). The molecule has 4 aromatic rings. The highest BCUT2D eigenvalue weighted by atomic mass is 32.2. The van der Waals surface area contributed by atoms with Crippen LogP contribution in [-0.2, 0) is 11.3 Å². The molecule has 0 aliphatic heterocycles. The van der Waals surface area contributed by atoms with Gasteiger partial charge in [0.05, 0.1) is 22.6 Å². The van der Waals surface area contributed by atoms with Crippen LogP contribution >= 0.6 is 23.1 Å². The number of ketones is 1. The van der Waals surface area contributed by atoms with Gasteiger partial charge in [-0.1, -0.05) is 35.2 Å². The maximum atomic E-state index is 12.8. The Kier molecular flexibility index (Phi) is 5.03. The summed E-state index contributed by atoms with van der Waals surface area (Å²) in [6.07, 6.45) is 0. The Labute approximate surface area is 165 Å². The molecule has 6 nitrogen and oxygen atoms in total. The number of ether oxygens (including phenoxy) is 1. The molecule has 0 fully saturated rings. The molecule has 140 valence electrons. The van der Waals surface area contributed by atoms with Crippen molar-refractivity contribution in [2.75, 3.05) is 19.5 Å². The largest absolute Gasteiger partial charge is 0.383 e. The number of carbonyl (C=O) groups is 1. The second kappa shape index (κ2) is 7.46. The van der Waals surface area contributed by atoms with Crippen molar-refractivity contribution in [3.05, 3.63) is 47.3 Å². The van der Waals surface area contributed by atoms with Crippen molar-refractivity contribution < 1.29 is 9.53 Å². The minimum absolute atomic E-state index is 0.105. The molecule has 3 aromatic heterocycles. The number of carbonyl (C=O) groups excluding carboxylic acids is 1. The van der Waals surface area contributed by atoms with Crippen molar-refractivity contribution in [3.63, 3.8) is 0 Å². The van der Waals surface area contributed by atoms with Crippen molar-refractivity contribution in [2.45, 2.75) is 25.5 Å². The van der Waals surface area contributed by atoms with Crippen LogP contribution in [0.3, 0.4) is 0 Å². The van der Waals surface area contributed by atoms with E-state index in [4.69, 9.17) is 4.74 Å². The van der Waals surface area contributed by atoms with Crippen molar-refractivity contribution in [1.29, 1.82) is 0 Å². The molecular formula is C19H20N4O2S2. The van der Waals surface area contributed by atoms with Gasteiger partial charge in [0.25, 0.3) is 0 Å². The molecule has 0 aliphatic carbocycles. The summed E-state index contributed by atoms with van der Waals surface area (Å²) in [6, 6.07) is 10.1. The number of Topliss-reactive ketones (excluding diaryl/α,β-unsaturated/α-hetero) is 1. The Hall–Kier alpha value is -2.16. The maximum absolute atomic E-state index is 12.8. The second-order valence-electron chi connectivity index (χ2n) is 6.31. The predicted octanol–water partition coefficient (Wildman–Crippen LogP) is 3.98. The summed E-state index contributed by atoms with van der Waals surface area (Å²) in [5.41, 5.74) is 3.91. The summed E-state index contributed by atoms with van der Waals surface area (Å²) in [6.45, 7) is 5.39. The molecule has 0 bridgehead atoms. The number of rotatable bonds is 7. The zero-order valence-electron chi connectivity index (χ0n) is 15.4. The Morgan fingerprint density at radius 2 is 2.07 bits per heavy atom. The number of aryl methyl sites for hydroxylation is 1. The molecule has 8 heteroatoms. The van der Waals surface area contributed by atoms with Gasteiger partial charge in [0.1, 0.15) is 0 Å². The first kappa shape index (κ1) is 18.2. The predicted molar refractivity (Wildman–Crippen MR) is 109 cm³/mol. The molecule has 0 radical (unpaired) electrons. The summed E-state index contributed by atoms with van der Waals surface area (Å²) in [7, 11) is 1.68. The number of para-hydroxylation sites is 1. The lowest BCUT2D eigenvalue weighted by atomic mass is 10.2. The highest BCUT2D eigenvalue weighted by Crippen LogP contribution is 2.30. The van der Waals surface area contributed by atoms with Crippen molar-refractivity contribution in [3.8, 4) is 0 Å². The zero-order chi connectivity index (χ0) is 19.0. The van der Waals surface area contributed by atoms with Gasteiger partial charge in [-0.2, -0.15) is 0 Å². The number of fused-ring (bicyclic) bond motifs is 3. The first-order valence-corrected chi connectivity index (χ1v) is 10.4. The first-order chi connectivity index (χ1) is 13.1. The van der Waals surface area contributed by atoms with Gasteiger partial charge in [0, 0.05) is 30.6 Å². The van der Waals surface area contributed by atoms with Crippen molar-refractivity contribution in [2.24, 2.45) is 0 Å². The Balaban J connectivity index is 1.56. The average molecular weight is 401 g/mol. The van der Waals surface area contributed by atoms with E-state index in [0.717, 1.165) is 43.8 Å². The third-order valence-electron chi connectivity index (χ3n) is 4.64. The van der Waals surface area contributed by atoms with E-state index < -0.39 is 0 Å². The molecule has 3 heterocycles. The molecule has 0 spiro atoms. The van der Waals surface area contributed by atoms with E-state index in [1.807, 2.05) is 36.4 Å². The smallest absolute Gasteiger partial charge is 0.217 e. The molecule has 1 aromatic carbocycles. The Morgan fingerprint density at radius 1 is 1.26 bits per heavy atom. The van der Waals surface area contributed by atoms with Crippen LogP contribution in [0.5, 0.6) is 0 Å². The monoisotopic (exact) mass is 400 g/mol. The van der Waals surface area contributed by atoms with Crippen LogP contribution in [0.25, 0.3) is 15.2 Å². The molecule has 0 unspecified atom stereocenters. The van der Waals surface area contributed by atoms with E-state index in [2.05, 4.69) is 26.9 Å². The van der Waals surface area contributed by atoms with E-state index in [-0.39, 0.29) is 5.78 Å². The summed E-state index contributed by atoms with van der Waals surface area (Å²) < 4.78 is 10.5. The van der Waals surface area contributed by atoms with Gasteiger partial charge < -0.3 is 9.30 Å². The van der Waals surface area contributed by atoms with Gasteiger partial charge >= 0.3 is 0 Å². The number of thioether (sulfide) groups is 1. The molecule has 0 saturated heterocycles. The molecule has 27 heavy (non-hydrogen) atoms. The van der Waals surface area contributed by atoms with E-state index in [0.29, 0.717) is 12.4 Å². The van der Waals surface area contributed by atoms with E-state index >= 15 is 0 Å². The fourth-order valence-corrected chi connectivity index (χ4v) is 5.12. The summed E-state index contributed by atoms with van der Waals surface area (Å²) in [4.78, 5) is 13.7. The lowest BCUT2D eigenvalue weighted by Gasteiger charge is -2.08. The highest BCUT2D eigenvalue weighted by molar-refractivity contribution is 7.99. The van der Waals surface area contributed by atoms with E-state index in [9.17, 15) is 4.79 Å². The summed E-state index contributed by atoms with van der Waals surface area (Å²) in [5, 5.41) is 9.28. The van der Waals surface area contributed by atoms with Crippen LogP contribution in [-0.4, -0.2) is 44.4 Å². The van der Waals surface area contributed by atoms with Crippen LogP contribution in [0.15, 0.2) is 35.5 Å². The number of hydrogen-bond donors (Lipinski definition) is 0. The SMILES string of the molecule is COCCn1c(C)cc(C(=O)CSc2nnc3sc4ccccc4n23)c1C. The van der Waals surface area contributed by atoms with Gasteiger partial charge in [0.15, 0.2) is 10.9 Å². The lowest BCUT2D eigenvalue weighted by Crippen LogP contribution is -2.09. The molecular weight excluding hydrogens is 380 g/mol. The summed E-state index contributed by atoms with van der Waals surface area (Å²) in [5.74, 6) is 0.438. The number of nitrogens with zero attached hydrogens (tertiary/aromatic N) is 4. The van der Waals surface area contributed by atoms with Gasteiger partial charge in [-0.05, 0) is 32.0 Å². The summed E-state index contributed by atoms with van der Waals surface area (Å²) >= 11 is 3.04. The van der Waals surface area contributed by atoms with Crippen LogP contribution < -0.4 is 0 Å². The van der Waals surface area contributed by atoms with E-state index in [1.54, 1.807) is 18.4 Å². The first-order valence-electron chi connectivity index (χ1n) is 8.64.